The molecule has 0 spiro atoms. The molecule has 0 unspecified atom stereocenters. The molecule has 1 amide bonds. The lowest BCUT2D eigenvalue weighted by molar-refractivity contribution is -0.387. The minimum Gasteiger partial charge on any atom is -0.478 e. The van der Waals surface area contributed by atoms with Gasteiger partial charge in [0.1, 0.15) is 47.4 Å². The number of anilines is 7. The number of carboxylic acids is 4. The van der Waals surface area contributed by atoms with E-state index in [4.69, 9.17) is 37.0 Å². The molecule has 0 fully saturated rings. The second kappa shape index (κ2) is 44.0. The maximum absolute atomic E-state index is 13.6. The van der Waals surface area contributed by atoms with Gasteiger partial charge in [0.25, 0.3) is 18.1 Å². The highest BCUT2D eigenvalue weighted by Crippen LogP contribution is 2.31. The van der Waals surface area contributed by atoms with E-state index >= 15 is 0 Å². The Labute approximate surface area is 665 Å². The van der Waals surface area contributed by atoms with E-state index in [1.165, 1.54) is 131 Å². The average molecular weight is 1620 g/mol. The number of ether oxygens (including phenoxy) is 3. The number of aliphatic hydroxyl groups excluding tert-OH is 1. The number of nitrogens with two attached hydrogens (primary N) is 2. The van der Waals surface area contributed by atoms with Gasteiger partial charge in [0.2, 0.25) is 5.82 Å². The van der Waals surface area contributed by atoms with E-state index in [-0.39, 0.29) is 63.7 Å². The van der Waals surface area contributed by atoms with Crippen molar-refractivity contribution in [3.63, 3.8) is 0 Å². The van der Waals surface area contributed by atoms with E-state index in [0.717, 1.165) is 40.5 Å². The third kappa shape index (κ3) is 26.8. The van der Waals surface area contributed by atoms with Crippen LogP contribution in [0.3, 0.4) is 0 Å². The highest BCUT2D eigenvalue weighted by molar-refractivity contribution is 6.06. The Morgan fingerprint density at radius 3 is 1.31 bits per heavy atom. The molecule has 0 atom stereocenters. The molecule has 36 heteroatoms. The van der Waals surface area contributed by atoms with E-state index in [0.29, 0.717) is 68.3 Å². The van der Waals surface area contributed by atoms with Crippen molar-refractivity contribution in [1.82, 2.24) is 29.3 Å². The van der Waals surface area contributed by atoms with E-state index in [2.05, 4.69) is 50.3 Å². The van der Waals surface area contributed by atoms with Gasteiger partial charge >= 0.3 is 29.6 Å². The lowest BCUT2D eigenvalue weighted by atomic mass is 10.1. The smallest absolute Gasteiger partial charge is 0.335 e. The van der Waals surface area contributed by atoms with Crippen molar-refractivity contribution in [2.45, 2.75) is 13.4 Å². The molecule has 11 aromatic carbocycles. The predicted octanol–water partition coefficient (Wildman–Crippen LogP) is 16.7. The first-order chi connectivity index (χ1) is 56.4. The van der Waals surface area contributed by atoms with Crippen LogP contribution in [0.4, 0.5) is 77.7 Å². The van der Waals surface area contributed by atoms with Crippen LogP contribution in [0.1, 0.15) is 58.7 Å². The summed E-state index contributed by atoms with van der Waals surface area (Å²) in [5, 5.41) is 79.1. The summed E-state index contributed by atoms with van der Waals surface area (Å²) < 4.78 is 94.8. The second-order valence-electron chi connectivity index (χ2n) is 23.7. The lowest BCUT2D eigenvalue weighted by Crippen LogP contribution is -2.14. The Morgan fingerprint density at radius 2 is 0.881 bits per heavy atom. The number of H-pyrrole nitrogens is 1. The molecule has 13 N–H and O–H groups in total. The molecule has 0 saturated carbocycles. The minimum absolute atomic E-state index is 0.0885. The number of nitrogen functional groups attached to an aromatic ring is 2. The van der Waals surface area contributed by atoms with Crippen LogP contribution in [-0.2, 0) is 14.2 Å². The summed E-state index contributed by atoms with van der Waals surface area (Å²) in [6.07, 6.45) is 3.16. The maximum atomic E-state index is 13.6. The highest BCUT2D eigenvalue weighted by atomic mass is 19.1. The van der Waals surface area contributed by atoms with Gasteiger partial charge in [0.15, 0.2) is 5.82 Å². The third-order valence-corrected chi connectivity index (χ3v) is 15.4. The zero-order valence-electron chi connectivity index (χ0n) is 62.3. The first kappa shape index (κ1) is 89.5. The van der Waals surface area contributed by atoms with Gasteiger partial charge in [-0.05, 0) is 182 Å². The number of aliphatic hydroxyl groups is 1. The number of carboxylic acid groups (broad SMARTS) is 4. The van der Waals surface area contributed by atoms with Gasteiger partial charge in [-0.3, -0.25) is 39.3 Å². The zero-order valence-corrected chi connectivity index (χ0v) is 62.3. The fourth-order valence-corrected chi connectivity index (χ4v) is 10.1. The Kier molecular flexibility index (Phi) is 33.4. The number of hydrogen-bond acceptors (Lipinski definition) is 20. The van der Waals surface area contributed by atoms with Gasteiger partial charge in [0.05, 0.1) is 82.6 Å². The number of hydrogen-bond donors (Lipinski definition) is 11. The number of nitro benzene ring substituents is 2. The molecule has 0 saturated heterocycles. The number of nitro groups is 2. The molecular formula is C82H71F6N13O17. The minimum atomic E-state index is -1.33. The van der Waals surface area contributed by atoms with Crippen LogP contribution in [-0.4, -0.2) is 129 Å². The molecule has 14 rings (SSSR count). The molecular weight excluding hydrogens is 1550 g/mol. The molecule has 0 aliphatic rings. The molecule has 608 valence electrons. The van der Waals surface area contributed by atoms with Crippen LogP contribution in [0.2, 0.25) is 0 Å². The van der Waals surface area contributed by atoms with Crippen molar-refractivity contribution in [3.05, 3.63) is 344 Å². The van der Waals surface area contributed by atoms with Gasteiger partial charge in [-0.15, -0.1) is 0 Å². The summed E-state index contributed by atoms with van der Waals surface area (Å²) in [5.74, 6) is -7.32. The van der Waals surface area contributed by atoms with Crippen LogP contribution in [0, 0.1) is 55.1 Å². The number of aromatic nitrogens is 6. The summed E-state index contributed by atoms with van der Waals surface area (Å²) in [6.45, 7) is 1.42. The number of aromatic amines is 1. The highest BCUT2D eigenvalue weighted by Gasteiger charge is 2.20. The number of aromatic carboxylic acids is 4. The van der Waals surface area contributed by atoms with Gasteiger partial charge in [-0.2, -0.15) is 9.49 Å². The molecule has 0 aliphatic heterocycles. The van der Waals surface area contributed by atoms with Gasteiger partial charge in [0, 0.05) is 68.8 Å². The number of methoxy groups -OCH3 is 3. The van der Waals surface area contributed by atoms with Crippen LogP contribution in [0.25, 0.3) is 44.7 Å². The Bertz CT molecular complexity index is 5790. The van der Waals surface area contributed by atoms with Gasteiger partial charge in [-0.25, -0.2) is 51.1 Å². The summed E-state index contributed by atoms with van der Waals surface area (Å²) in [4.78, 5) is 83.4. The molecule has 14 aromatic rings. The predicted molar refractivity (Wildman–Crippen MR) is 427 cm³/mol. The number of carbonyl (C=O) groups is 5. The fraction of sp³-hybridized carbons (Fsp3) is 0.0732. The molecule has 0 bridgehead atoms. The average Bonchev–Trinajstić information content (AvgIpc) is 1.69. The first-order valence-corrected chi connectivity index (χ1v) is 34.1. The number of fused-ring (bicyclic) bond motifs is 2. The zero-order chi connectivity index (χ0) is 86.1. The second-order valence-corrected chi connectivity index (χ2v) is 23.7. The third-order valence-electron chi connectivity index (χ3n) is 15.4. The van der Waals surface area contributed by atoms with Gasteiger partial charge < -0.3 is 67.2 Å². The van der Waals surface area contributed by atoms with Gasteiger partial charge in [-0.1, -0.05) is 60.7 Å². The number of benzene rings is 11. The summed E-state index contributed by atoms with van der Waals surface area (Å²) in [6, 6.07) is 61.1. The fourth-order valence-electron chi connectivity index (χ4n) is 10.1. The van der Waals surface area contributed by atoms with E-state index in [1.807, 2.05) is 30.3 Å². The van der Waals surface area contributed by atoms with Crippen molar-refractivity contribution < 1.29 is 99.9 Å². The Hall–Kier alpha value is -15.7. The number of nitrogens with zero attached hydrogens (tertiary/aromatic N) is 7. The van der Waals surface area contributed by atoms with Crippen LogP contribution >= 0.6 is 0 Å². The Morgan fingerprint density at radius 1 is 0.475 bits per heavy atom. The molecule has 30 nitrogen and oxygen atoms in total. The maximum Gasteiger partial charge on any atom is 0.335 e. The number of carbonyl (C=O) groups excluding carboxylic acids is 1. The van der Waals surface area contributed by atoms with Crippen LogP contribution in [0.15, 0.2) is 261 Å². The van der Waals surface area contributed by atoms with Crippen LogP contribution < -0.4 is 27.4 Å². The van der Waals surface area contributed by atoms with Crippen molar-refractivity contribution in [1.29, 1.82) is 0 Å². The largest absolute Gasteiger partial charge is 0.478 e. The molecule has 0 aliphatic carbocycles. The topological polar surface area (TPSA) is 453 Å². The number of amides is 1. The van der Waals surface area contributed by atoms with Crippen molar-refractivity contribution >= 4 is 103 Å². The number of nitrogens with one attached hydrogen (secondary N) is 4. The van der Waals surface area contributed by atoms with Crippen molar-refractivity contribution in [3.8, 4) is 22.6 Å². The van der Waals surface area contributed by atoms with Crippen LogP contribution in [0.5, 0.6) is 0 Å². The van der Waals surface area contributed by atoms with Crippen molar-refractivity contribution in [2.24, 2.45) is 0 Å². The standard InChI is InChI=1S/C23H16FN5O.C14H9FN2O2.C13H9FN2O4.C13H11FN2O2.C7H4FNO4.C6H6FN.C4H10O3.C2H6O/c24-17-7-4-8-18(12-17)29-14-25-20-11-16(9-10-21(20)29)23(30)26-22-13-19(27-28-22)15-5-2-1-3-6-15;15-10-2-1-3-11(7-10)17-8-16-12-6-9(14(18)19)4-5-13(12)17;14-9-2-1-3-10(7-9)15-11-5-4-8(13(17)18)6-12(11)16(19)20;14-9-2-1-3-10(7-9)16-12-5-4-8(13(17)18)6-11(12)15;8-5-2-1-4(7(10)11)3-6(5)9(12)13;7-5-2-1-3-6(8)4-5;1-5-4(6-2)7-3;1-2-3/h1-14H,(H2,26,27,28,30);1-8H,(H,18,19);1-7,15H,(H,17,18);1-7,16H,15H2,(H,17,18);1-3H,(H,10,11);1-4H,8H2;4H,1-3H3;3H,2H2,1H3. The Balaban J connectivity index is 0.000000197. The van der Waals surface area contributed by atoms with Crippen molar-refractivity contribution in [2.75, 3.05) is 55.4 Å². The molecule has 118 heavy (non-hydrogen) atoms. The van der Waals surface area contributed by atoms with E-state index in [1.54, 1.807) is 114 Å². The van der Waals surface area contributed by atoms with E-state index in [9.17, 15) is 70.5 Å². The number of rotatable bonds is 18. The molecule has 3 heterocycles. The monoisotopic (exact) mass is 1620 g/mol. The number of imidazole rings is 2. The normalized spacial score (nSPS) is 10.2. The summed E-state index contributed by atoms with van der Waals surface area (Å²) in [5.41, 5.74) is 18.0. The quantitative estimate of drug-likeness (QED) is 0.0125. The molecule has 0 radical (unpaired) electrons. The first-order valence-electron chi connectivity index (χ1n) is 34.1. The molecule has 3 aromatic heterocycles. The lowest BCUT2D eigenvalue weighted by Gasteiger charge is -2.09. The SMILES string of the molecule is CCO.COC(OC)OC.Nc1cc(C(=O)O)ccc1Nc1cccc(F)c1.Nc1cccc(F)c1.O=C(Nc1cc(-c2ccccc2)[nH]n1)c1ccc2c(c1)ncn2-c1cccc(F)c1.O=C(O)c1ccc(F)c([N+](=O)[O-])c1.O=C(O)c1ccc(Nc2cccc(F)c2)c([N+](=O)[O-])c1.O=C(O)c1ccc2c(c1)ncn2-c1cccc(F)c1. The number of halogens is 6. The summed E-state index contributed by atoms with van der Waals surface area (Å²) in [7, 11) is 4.53. The van der Waals surface area contributed by atoms with E-state index < -0.39 is 63.2 Å². The summed E-state index contributed by atoms with van der Waals surface area (Å²) >= 11 is 0.